The zero-order chi connectivity index (χ0) is 22.9. The summed E-state index contributed by atoms with van der Waals surface area (Å²) in [6, 6.07) is 18.3. The highest BCUT2D eigenvalue weighted by Gasteiger charge is 2.27. The summed E-state index contributed by atoms with van der Waals surface area (Å²) in [5, 5.41) is 0. The number of carbonyl (C=O) groups excluding carboxylic acids is 1. The van der Waals surface area contributed by atoms with Crippen LogP contribution in [-0.4, -0.2) is 50.9 Å². The lowest BCUT2D eigenvalue weighted by Crippen LogP contribution is -2.34. The topological polar surface area (TPSA) is 57.5 Å². The molecule has 2 aromatic carbocycles. The maximum atomic E-state index is 13.3. The van der Waals surface area contributed by atoms with E-state index < -0.39 is 0 Å². The van der Waals surface area contributed by atoms with Gasteiger partial charge in [0.25, 0.3) is 5.91 Å². The van der Waals surface area contributed by atoms with Gasteiger partial charge in [0.2, 0.25) is 0 Å². The molecule has 1 aliphatic rings. The van der Waals surface area contributed by atoms with Gasteiger partial charge < -0.3 is 14.5 Å². The van der Waals surface area contributed by atoms with E-state index in [0.717, 1.165) is 24.1 Å². The lowest BCUT2D eigenvalue weighted by Gasteiger charge is -2.23. The number of hydrogen-bond donors (Lipinski definition) is 0. The van der Waals surface area contributed by atoms with Crippen LogP contribution in [0.15, 0.2) is 76.0 Å². The number of ether oxygens (including phenoxy) is 1. The molecule has 3 rings (SSSR count). The SMILES string of the molecule is C=NC1=C(C=NC)C(=O)N(c2cccc(COC(CCC)c3ccccc3)c2)CCN1C. The van der Waals surface area contributed by atoms with Crippen molar-refractivity contribution in [2.75, 3.05) is 32.1 Å². The Bertz CT molecular complexity index is 984. The molecule has 0 radical (unpaired) electrons. The quantitative estimate of drug-likeness (QED) is 0.543. The number of amides is 1. The summed E-state index contributed by atoms with van der Waals surface area (Å²) >= 11 is 0. The van der Waals surface area contributed by atoms with E-state index in [1.54, 1.807) is 18.2 Å². The van der Waals surface area contributed by atoms with Crippen LogP contribution >= 0.6 is 0 Å². The summed E-state index contributed by atoms with van der Waals surface area (Å²) < 4.78 is 6.29. The molecule has 0 aromatic heterocycles. The number of hydrogen-bond acceptors (Lipinski definition) is 5. The third-order valence-corrected chi connectivity index (χ3v) is 5.54. The first-order chi connectivity index (χ1) is 15.6. The van der Waals surface area contributed by atoms with Gasteiger partial charge in [0, 0.05) is 39.1 Å². The van der Waals surface area contributed by atoms with Gasteiger partial charge in [-0.05, 0) is 36.4 Å². The summed E-state index contributed by atoms with van der Waals surface area (Å²) in [7, 11) is 3.56. The number of nitrogens with zero attached hydrogens (tertiary/aromatic N) is 4. The minimum absolute atomic E-state index is 0.0508. The second kappa shape index (κ2) is 11.4. The van der Waals surface area contributed by atoms with Gasteiger partial charge in [-0.25, -0.2) is 4.99 Å². The van der Waals surface area contributed by atoms with Gasteiger partial charge in [-0.1, -0.05) is 55.8 Å². The molecule has 0 saturated heterocycles. The zero-order valence-corrected chi connectivity index (χ0v) is 19.2. The Labute approximate surface area is 190 Å². The van der Waals surface area contributed by atoms with E-state index in [4.69, 9.17) is 4.74 Å². The molecule has 168 valence electrons. The monoisotopic (exact) mass is 432 g/mol. The Kier molecular flexibility index (Phi) is 8.34. The number of likely N-dealkylation sites (N-methyl/N-ethyl adjacent to an activating group) is 1. The van der Waals surface area contributed by atoms with E-state index in [2.05, 4.69) is 35.8 Å². The van der Waals surface area contributed by atoms with Crippen molar-refractivity contribution < 1.29 is 9.53 Å². The molecule has 6 nitrogen and oxygen atoms in total. The number of aliphatic imine (C=N–C) groups is 2. The summed E-state index contributed by atoms with van der Waals surface area (Å²) in [6.45, 7) is 7.47. The van der Waals surface area contributed by atoms with Crippen LogP contribution in [0, 0.1) is 0 Å². The Balaban J connectivity index is 1.81. The Hall–Kier alpha value is -3.25. The van der Waals surface area contributed by atoms with Crippen LogP contribution in [0.25, 0.3) is 0 Å². The van der Waals surface area contributed by atoms with Crippen LogP contribution in [0.1, 0.15) is 37.0 Å². The minimum atomic E-state index is -0.131. The normalized spacial score (nSPS) is 15.9. The van der Waals surface area contributed by atoms with Crippen molar-refractivity contribution in [1.82, 2.24) is 4.90 Å². The van der Waals surface area contributed by atoms with Gasteiger partial charge in [-0.2, -0.15) is 0 Å². The van der Waals surface area contributed by atoms with Crippen LogP contribution in [-0.2, 0) is 16.1 Å². The molecule has 1 amide bonds. The number of anilines is 1. The third kappa shape index (κ3) is 5.51. The molecular weight excluding hydrogens is 400 g/mol. The molecule has 0 saturated carbocycles. The largest absolute Gasteiger partial charge is 0.369 e. The first-order valence-electron chi connectivity index (χ1n) is 11.0. The van der Waals surface area contributed by atoms with Crippen LogP contribution in [0.3, 0.4) is 0 Å². The van der Waals surface area contributed by atoms with Crippen molar-refractivity contribution in [1.29, 1.82) is 0 Å². The van der Waals surface area contributed by atoms with Crippen molar-refractivity contribution in [3.05, 3.63) is 77.1 Å². The van der Waals surface area contributed by atoms with Crippen LogP contribution < -0.4 is 4.90 Å². The highest BCUT2D eigenvalue weighted by atomic mass is 16.5. The van der Waals surface area contributed by atoms with Crippen LogP contribution in [0.4, 0.5) is 5.69 Å². The predicted octanol–water partition coefficient (Wildman–Crippen LogP) is 4.64. The summed E-state index contributed by atoms with van der Waals surface area (Å²) in [4.78, 5) is 25.2. The molecule has 1 aliphatic heterocycles. The molecule has 0 fully saturated rings. The predicted molar refractivity (Wildman–Crippen MR) is 131 cm³/mol. The first kappa shape index (κ1) is 23.4. The van der Waals surface area contributed by atoms with Crippen molar-refractivity contribution in [2.45, 2.75) is 32.5 Å². The maximum Gasteiger partial charge on any atom is 0.263 e. The molecule has 1 atom stereocenters. The molecule has 32 heavy (non-hydrogen) atoms. The number of carbonyl (C=O) groups is 1. The van der Waals surface area contributed by atoms with Crippen LogP contribution in [0.5, 0.6) is 0 Å². The average Bonchev–Trinajstić information content (AvgIpc) is 2.93. The standard InChI is InChI=1S/C26H32N4O2/c1-5-10-24(21-12-7-6-8-13-21)32-19-20-11-9-14-22(17-20)30-16-15-29(4)25(28-3)23(18-27-2)26(30)31/h6-9,11-14,17-18,24H,3,5,10,15-16,19H2,1-2,4H3. The lowest BCUT2D eigenvalue weighted by atomic mass is 10.1. The molecule has 2 aromatic rings. The highest BCUT2D eigenvalue weighted by Crippen LogP contribution is 2.26. The second-order valence-corrected chi connectivity index (χ2v) is 7.83. The molecule has 0 aliphatic carbocycles. The summed E-state index contributed by atoms with van der Waals surface area (Å²) in [5.74, 6) is 0.418. The Morgan fingerprint density at radius 2 is 1.94 bits per heavy atom. The third-order valence-electron chi connectivity index (χ3n) is 5.54. The van der Waals surface area contributed by atoms with Gasteiger partial charge in [0.15, 0.2) is 0 Å². The molecule has 1 heterocycles. The van der Waals surface area contributed by atoms with E-state index in [9.17, 15) is 4.79 Å². The molecular formula is C26H32N4O2. The number of rotatable bonds is 9. The van der Waals surface area contributed by atoms with E-state index in [1.807, 2.05) is 54.4 Å². The summed E-state index contributed by atoms with van der Waals surface area (Å²) in [6.07, 6.45) is 3.62. The fourth-order valence-electron chi connectivity index (χ4n) is 3.89. The van der Waals surface area contributed by atoms with Gasteiger partial charge in [-0.3, -0.25) is 9.79 Å². The summed E-state index contributed by atoms with van der Waals surface area (Å²) in [5.41, 5.74) is 3.50. The minimum Gasteiger partial charge on any atom is -0.369 e. The second-order valence-electron chi connectivity index (χ2n) is 7.83. The van der Waals surface area contributed by atoms with Crippen molar-refractivity contribution >= 4 is 24.5 Å². The van der Waals surface area contributed by atoms with E-state index >= 15 is 0 Å². The van der Waals surface area contributed by atoms with Gasteiger partial charge in [0.1, 0.15) is 11.4 Å². The highest BCUT2D eigenvalue weighted by molar-refractivity contribution is 6.19. The fourth-order valence-corrected chi connectivity index (χ4v) is 3.89. The lowest BCUT2D eigenvalue weighted by molar-refractivity contribution is -0.114. The molecule has 6 heteroatoms. The van der Waals surface area contributed by atoms with Gasteiger partial charge >= 0.3 is 0 Å². The van der Waals surface area contributed by atoms with E-state index in [-0.39, 0.29) is 12.0 Å². The van der Waals surface area contributed by atoms with Gasteiger partial charge in [-0.15, -0.1) is 0 Å². The Morgan fingerprint density at radius 3 is 2.62 bits per heavy atom. The van der Waals surface area contributed by atoms with Crippen molar-refractivity contribution in [3.63, 3.8) is 0 Å². The van der Waals surface area contributed by atoms with Crippen molar-refractivity contribution in [3.8, 4) is 0 Å². The first-order valence-corrected chi connectivity index (χ1v) is 11.0. The smallest absolute Gasteiger partial charge is 0.263 e. The molecule has 0 bridgehead atoms. The van der Waals surface area contributed by atoms with Crippen LogP contribution in [0.2, 0.25) is 0 Å². The maximum absolute atomic E-state index is 13.3. The molecule has 0 spiro atoms. The number of benzene rings is 2. The van der Waals surface area contributed by atoms with Gasteiger partial charge in [0.05, 0.1) is 12.7 Å². The average molecular weight is 433 g/mol. The van der Waals surface area contributed by atoms with Crippen molar-refractivity contribution in [2.24, 2.45) is 9.98 Å². The fraction of sp³-hybridized carbons (Fsp3) is 0.346. The van der Waals surface area contributed by atoms with E-state index in [1.165, 1.54) is 5.56 Å². The van der Waals surface area contributed by atoms with E-state index in [0.29, 0.717) is 31.1 Å². The molecule has 0 N–H and O–H groups in total. The zero-order valence-electron chi connectivity index (χ0n) is 19.2. The Morgan fingerprint density at radius 1 is 1.16 bits per heavy atom. The molecule has 1 unspecified atom stereocenters.